The highest BCUT2D eigenvalue weighted by atomic mass is 19.1. The predicted molar refractivity (Wildman–Crippen MR) is 118 cm³/mol. The molecule has 1 aliphatic rings. The third-order valence-electron chi connectivity index (χ3n) is 5.25. The van der Waals surface area contributed by atoms with E-state index in [4.69, 9.17) is 4.74 Å². The number of nitrogens with zero attached hydrogens (tertiary/aromatic N) is 1. The Balaban J connectivity index is 1.91. The van der Waals surface area contributed by atoms with Gasteiger partial charge in [-0.25, -0.2) is 4.39 Å². The lowest BCUT2D eigenvalue weighted by Gasteiger charge is -2.38. The molecular weight excluding hydrogens is 395 g/mol. The van der Waals surface area contributed by atoms with Crippen molar-refractivity contribution in [1.82, 2.24) is 10.2 Å². The molecule has 1 heterocycles. The van der Waals surface area contributed by atoms with Crippen molar-refractivity contribution < 1.29 is 18.7 Å². The average Bonchev–Trinajstić information content (AvgIpc) is 2.75. The van der Waals surface area contributed by atoms with Gasteiger partial charge in [0, 0.05) is 19.5 Å². The smallest absolute Gasteiger partial charge is 0.258 e. The Hall–Kier alpha value is -3.15. The number of hydrogen-bond acceptors (Lipinski definition) is 3. The summed E-state index contributed by atoms with van der Waals surface area (Å²) in [5.41, 5.74) is 2.91. The highest BCUT2D eigenvalue weighted by Crippen LogP contribution is 2.37. The van der Waals surface area contributed by atoms with Crippen LogP contribution in [0.1, 0.15) is 43.0 Å². The standard InChI is InChI=1S/C25H29FN2O3/c1-4-12-27-23(29)16-31-21-10-7-18-11-13-28(24(30)14-17(2)3)25(22(18)15-21)19-5-8-20(26)9-6-19/h4-10,15,17,25H,1,11-14,16H2,2-3H3,(H,27,29). The van der Waals surface area contributed by atoms with Crippen LogP contribution < -0.4 is 10.1 Å². The zero-order valence-corrected chi connectivity index (χ0v) is 18.1. The first kappa shape index (κ1) is 22.5. The van der Waals surface area contributed by atoms with Crippen molar-refractivity contribution >= 4 is 11.8 Å². The largest absolute Gasteiger partial charge is 0.484 e. The van der Waals surface area contributed by atoms with Gasteiger partial charge in [0.25, 0.3) is 5.91 Å². The second-order valence-corrected chi connectivity index (χ2v) is 8.13. The van der Waals surface area contributed by atoms with Gasteiger partial charge in [-0.05, 0) is 53.3 Å². The molecule has 6 heteroatoms. The lowest BCUT2D eigenvalue weighted by molar-refractivity contribution is -0.134. The van der Waals surface area contributed by atoms with Crippen LogP contribution in [0.15, 0.2) is 55.1 Å². The Bertz CT molecular complexity index is 940. The van der Waals surface area contributed by atoms with Gasteiger partial charge < -0.3 is 15.0 Å². The average molecular weight is 425 g/mol. The fraction of sp³-hybridized carbons (Fsp3) is 0.360. The molecule has 0 bridgehead atoms. The molecule has 3 rings (SSSR count). The molecule has 0 aromatic heterocycles. The molecule has 2 aromatic carbocycles. The third kappa shape index (κ3) is 5.72. The van der Waals surface area contributed by atoms with Crippen molar-refractivity contribution in [3.63, 3.8) is 0 Å². The predicted octanol–water partition coefficient (Wildman–Crippen LogP) is 4.03. The minimum absolute atomic E-state index is 0.0742. The van der Waals surface area contributed by atoms with Crippen LogP contribution in [0.5, 0.6) is 5.75 Å². The zero-order chi connectivity index (χ0) is 22.4. The van der Waals surface area contributed by atoms with Crippen LogP contribution in [0.25, 0.3) is 0 Å². The summed E-state index contributed by atoms with van der Waals surface area (Å²) < 4.78 is 19.2. The summed E-state index contributed by atoms with van der Waals surface area (Å²) >= 11 is 0. The molecule has 164 valence electrons. The maximum Gasteiger partial charge on any atom is 0.258 e. The summed E-state index contributed by atoms with van der Waals surface area (Å²) in [6.07, 6.45) is 2.79. The number of benzene rings is 2. The number of carbonyl (C=O) groups is 2. The van der Waals surface area contributed by atoms with Gasteiger partial charge in [-0.1, -0.05) is 38.1 Å². The maximum absolute atomic E-state index is 13.6. The van der Waals surface area contributed by atoms with Crippen LogP contribution in [0.3, 0.4) is 0 Å². The minimum Gasteiger partial charge on any atom is -0.484 e. The Morgan fingerprint density at radius 1 is 1.26 bits per heavy atom. The Labute approximate surface area is 182 Å². The molecule has 1 atom stereocenters. The number of fused-ring (bicyclic) bond motifs is 1. The van der Waals surface area contributed by atoms with E-state index in [0.29, 0.717) is 25.3 Å². The third-order valence-corrected chi connectivity index (χ3v) is 5.25. The van der Waals surface area contributed by atoms with Crippen LogP contribution in [0.2, 0.25) is 0 Å². The number of hydrogen-bond donors (Lipinski definition) is 1. The number of rotatable bonds is 8. The van der Waals surface area contributed by atoms with Crippen LogP contribution in [-0.2, 0) is 16.0 Å². The lowest BCUT2D eigenvalue weighted by atomic mass is 9.87. The summed E-state index contributed by atoms with van der Waals surface area (Å²) in [7, 11) is 0. The number of ether oxygens (including phenoxy) is 1. The molecule has 0 aliphatic carbocycles. The normalized spacial score (nSPS) is 15.4. The zero-order valence-electron chi connectivity index (χ0n) is 18.1. The van der Waals surface area contributed by atoms with E-state index in [0.717, 1.165) is 23.1 Å². The van der Waals surface area contributed by atoms with E-state index in [9.17, 15) is 14.0 Å². The van der Waals surface area contributed by atoms with E-state index in [1.54, 1.807) is 18.2 Å². The van der Waals surface area contributed by atoms with Crippen LogP contribution in [0, 0.1) is 11.7 Å². The van der Waals surface area contributed by atoms with Gasteiger partial charge in [-0.15, -0.1) is 6.58 Å². The van der Waals surface area contributed by atoms with Crippen molar-refractivity contribution in [1.29, 1.82) is 0 Å². The number of carbonyl (C=O) groups excluding carboxylic acids is 2. The Morgan fingerprint density at radius 3 is 2.68 bits per heavy atom. The second kappa shape index (κ2) is 10.2. The first-order chi connectivity index (χ1) is 14.9. The molecule has 1 unspecified atom stereocenters. The monoisotopic (exact) mass is 424 g/mol. The van der Waals surface area contributed by atoms with Crippen molar-refractivity contribution in [3.8, 4) is 5.75 Å². The summed E-state index contributed by atoms with van der Waals surface area (Å²) in [5, 5.41) is 2.67. The van der Waals surface area contributed by atoms with Gasteiger partial charge in [0.2, 0.25) is 5.91 Å². The molecule has 1 aliphatic heterocycles. The quantitative estimate of drug-likeness (QED) is 0.651. The van der Waals surface area contributed by atoms with Crippen molar-refractivity contribution in [2.24, 2.45) is 5.92 Å². The first-order valence-corrected chi connectivity index (χ1v) is 10.6. The summed E-state index contributed by atoms with van der Waals surface area (Å²) in [4.78, 5) is 26.8. The van der Waals surface area contributed by atoms with E-state index in [1.807, 2.05) is 36.9 Å². The molecular formula is C25H29FN2O3. The van der Waals surface area contributed by atoms with Crippen molar-refractivity contribution in [2.45, 2.75) is 32.7 Å². The van der Waals surface area contributed by atoms with Gasteiger partial charge in [-0.2, -0.15) is 0 Å². The molecule has 31 heavy (non-hydrogen) atoms. The molecule has 0 radical (unpaired) electrons. The minimum atomic E-state index is -0.325. The molecule has 0 fully saturated rings. The van der Waals surface area contributed by atoms with E-state index in [-0.39, 0.29) is 36.2 Å². The van der Waals surface area contributed by atoms with E-state index < -0.39 is 0 Å². The van der Waals surface area contributed by atoms with Gasteiger partial charge in [0.15, 0.2) is 6.61 Å². The molecule has 0 saturated carbocycles. The highest BCUT2D eigenvalue weighted by molar-refractivity contribution is 5.78. The molecule has 0 saturated heterocycles. The van der Waals surface area contributed by atoms with Gasteiger partial charge >= 0.3 is 0 Å². The van der Waals surface area contributed by atoms with Crippen molar-refractivity contribution in [3.05, 3.63) is 77.6 Å². The van der Waals surface area contributed by atoms with Crippen LogP contribution in [-0.4, -0.2) is 36.4 Å². The van der Waals surface area contributed by atoms with E-state index in [2.05, 4.69) is 11.9 Å². The number of nitrogens with one attached hydrogen (secondary N) is 1. The fourth-order valence-corrected chi connectivity index (χ4v) is 3.81. The summed E-state index contributed by atoms with van der Waals surface area (Å²) in [5.74, 6) is 0.318. The van der Waals surface area contributed by atoms with E-state index in [1.165, 1.54) is 12.1 Å². The second-order valence-electron chi connectivity index (χ2n) is 8.13. The first-order valence-electron chi connectivity index (χ1n) is 10.6. The molecule has 2 aromatic rings. The van der Waals surface area contributed by atoms with Crippen molar-refractivity contribution in [2.75, 3.05) is 19.7 Å². The summed E-state index contributed by atoms with van der Waals surface area (Å²) in [6, 6.07) is 11.7. The maximum atomic E-state index is 13.6. The van der Waals surface area contributed by atoms with Crippen LogP contribution in [0.4, 0.5) is 4.39 Å². The molecule has 5 nitrogen and oxygen atoms in total. The molecule has 2 amide bonds. The SMILES string of the molecule is C=CCNC(=O)COc1ccc2c(c1)C(c1ccc(F)cc1)N(C(=O)CC(C)C)CC2. The van der Waals surface area contributed by atoms with Crippen LogP contribution >= 0.6 is 0 Å². The summed E-state index contributed by atoms with van der Waals surface area (Å²) in [6.45, 7) is 8.48. The molecule has 1 N–H and O–H groups in total. The van der Waals surface area contributed by atoms with Gasteiger partial charge in [-0.3, -0.25) is 9.59 Å². The van der Waals surface area contributed by atoms with E-state index >= 15 is 0 Å². The van der Waals surface area contributed by atoms with Gasteiger partial charge in [0.1, 0.15) is 11.6 Å². The molecule has 0 spiro atoms. The highest BCUT2D eigenvalue weighted by Gasteiger charge is 2.32. The topological polar surface area (TPSA) is 58.6 Å². The Kier molecular flexibility index (Phi) is 7.45. The number of halogens is 1. The fourth-order valence-electron chi connectivity index (χ4n) is 3.81. The lowest BCUT2D eigenvalue weighted by Crippen LogP contribution is -2.41. The Morgan fingerprint density at radius 2 is 2.00 bits per heavy atom. The number of amides is 2. The van der Waals surface area contributed by atoms with Gasteiger partial charge in [0.05, 0.1) is 6.04 Å².